The molecule has 0 aliphatic carbocycles. The number of benzene rings is 3. The van der Waals surface area contributed by atoms with E-state index in [1.54, 1.807) is 11.8 Å². The van der Waals surface area contributed by atoms with Crippen LogP contribution in [-0.4, -0.2) is 30.7 Å². The molecule has 0 saturated carbocycles. The molecule has 3 aromatic rings. The van der Waals surface area contributed by atoms with E-state index in [4.69, 9.17) is 0 Å². The Morgan fingerprint density at radius 1 is 0.786 bits per heavy atom. The number of thioether (sulfide) groups is 1. The molecule has 28 heavy (non-hydrogen) atoms. The van der Waals surface area contributed by atoms with Gasteiger partial charge in [-0.3, -0.25) is 9.59 Å². The highest BCUT2D eigenvalue weighted by Gasteiger charge is 2.07. The van der Waals surface area contributed by atoms with E-state index in [1.165, 1.54) is 4.90 Å². The summed E-state index contributed by atoms with van der Waals surface area (Å²) in [6.07, 6.45) is 1.19. The second-order valence-corrected chi connectivity index (χ2v) is 7.60. The first-order chi connectivity index (χ1) is 13.7. The summed E-state index contributed by atoms with van der Waals surface area (Å²) in [5, 5.41) is 7.85. The standard InChI is InChI=1S/C23H24N2O2S/c26-22(24-14-6-16-28-21-9-2-1-3-10-21)13-15-25-23(27)20-12-11-18-7-4-5-8-19(18)17-20/h1-5,7-12,17H,6,13-16H2,(H,24,26)(H,25,27). The number of fused-ring (bicyclic) bond motifs is 1. The molecule has 0 spiro atoms. The lowest BCUT2D eigenvalue weighted by Gasteiger charge is -2.08. The molecule has 0 saturated heterocycles. The summed E-state index contributed by atoms with van der Waals surface area (Å²) in [4.78, 5) is 25.4. The van der Waals surface area contributed by atoms with Crippen molar-refractivity contribution in [1.29, 1.82) is 0 Å². The van der Waals surface area contributed by atoms with Gasteiger partial charge >= 0.3 is 0 Å². The fourth-order valence-electron chi connectivity index (χ4n) is 2.82. The normalized spacial score (nSPS) is 10.6. The predicted molar refractivity (Wildman–Crippen MR) is 116 cm³/mol. The Bertz CT molecular complexity index is 928. The summed E-state index contributed by atoms with van der Waals surface area (Å²) in [6, 6.07) is 23.8. The molecule has 0 aromatic heterocycles. The van der Waals surface area contributed by atoms with Gasteiger partial charge in [-0.25, -0.2) is 0 Å². The molecular formula is C23H24N2O2S. The van der Waals surface area contributed by atoms with Crippen LogP contribution in [-0.2, 0) is 4.79 Å². The molecule has 3 rings (SSSR count). The van der Waals surface area contributed by atoms with Gasteiger partial charge in [0.25, 0.3) is 5.91 Å². The van der Waals surface area contributed by atoms with E-state index < -0.39 is 0 Å². The highest BCUT2D eigenvalue weighted by atomic mass is 32.2. The molecule has 2 N–H and O–H groups in total. The second-order valence-electron chi connectivity index (χ2n) is 6.43. The van der Waals surface area contributed by atoms with Crippen LogP contribution >= 0.6 is 11.8 Å². The Kier molecular flexibility index (Phi) is 7.50. The lowest BCUT2D eigenvalue weighted by Crippen LogP contribution is -2.31. The summed E-state index contributed by atoms with van der Waals surface area (Å²) in [5.41, 5.74) is 0.608. The van der Waals surface area contributed by atoms with Crippen LogP contribution in [0.5, 0.6) is 0 Å². The molecule has 0 heterocycles. The van der Waals surface area contributed by atoms with Gasteiger partial charge in [0, 0.05) is 30.0 Å². The third kappa shape index (κ3) is 6.13. The van der Waals surface area contributed by atoms with Crippen molar-refractivity contribution in [2.75, 3.05) is 18.8 Å². The van der Waals surface area contributed by atoms with Gasteiger partial charge in [0.15, 0.2) is 0 Å². The molecule has 4 nitrogen and oxygen atoms in total. The maximum absolute atomic E-state index is 12.3. The lowest BCUT2D eigenvalue weighted by atomic mass is 10.1. The third-order valence-corrected chi connectivity index (χ3v) is 5.40. The van der Waals surface area contributed by atoms with Gasteiger partial charge in [0.1, 0.15) is 0 Å². The average molecular weight is 393 g/mol. The van der Waals surface area contributed by atoms with Crippen LogP contribution in [0.4, 0.5) is 0 Å². The van der Waals surface area contributed by atoms with Crippen molar-refractivity contribution in [2.45, 2.75) is 17.7 Å². The molecule has 5 heteroatoms. The van der Waals surface area contributed by atoms with Crippen molar-refractivity contribution in [3.05, 3.63) is 78.4 Å². The van der Waals surface area contributed by atoms with Crippen molar-refractivity contribution in [1.82, 2.24) is 10.6 Å². The average Bonchev–Trinajstić information content (AvgIpc) is 2.74. The van der Waals surface area contributed by atoms with Crippen molar-refractivity contribution in [3.8, 4) is 0 Å². The molecule has 0 aliphatic rings. The minimum Gasteiger partial charge on any atom is -0.356 e. The van der Waals surface area contributed by atoms with Crippen LogP contribution in [0.3, 0.4) is 0 Å². The minimum atomic E-state index is -0.155. The van der Waals surface area contributed by atoms with Crippen molar-refractivity contribution in [3.63, 3.8) is 0 Å². The van der Waals surface area contributed by atoms with Crippen LogP contribution in [0.15, 0.2) is 77.7 Å². The Morgan fingerprint density at radius 3 is 2.36 bits per heavy atom. The molecule has 0 radical (unpaired) electrons. The number of hydrogen-bond donors (Lipinski definition) is 2. The number of carbonyl (C=O) groups excluding carboxylic acids is 2. The van der Waals surface area contributed by atoms with Gasteiger partial charge in [0.05, 0.1) is 0 Å². The van der Waals surface area contributed by atoms with E-state index in [2.05, 4.69) is 22.8 Å². The first kappa shape index (κ1) is 20.0. The zero-order valence-corrected chi connectivity index (χ0v) is 16.5. The van der Waals surface area contributed by atoms with Gasteiger partial charge in [0.2, 0.25) is 5.91 Å². The van der Waals surface area contributed by atoms with Gasteiger partial charge < -0.3 is 10.6 Å². The van der Waals surface area contributed by atoms with Gasteiger partial charge in [-0.15, -0.1) is 11.8 Å². The molecule has 2 amide bonds. The van der Waals surface area contributed by atoms with Crippen LogP contribution in [0.25, 0.3) is 10.8 Å². The molecule has 0 unspecified atom stereocenters. The fourth-order valence-corrected chi connectivity index (χ4v) is 3.69. The highest BCUT2D eigenvalue weighted by molar-refractivity contribution is 7.99. The van der Waals surface area contributed by atoms with Crippen molar-refractivity contribution < 1.29 is 9.59 Å². The number of rotatable bonds is 9. The maximum atomic E-state index is 12.3. The molecular weight excluding hydrogens is 368 g/mol. The Balaban J connectivity index is 1.31. The molecule has 0 aliphatic heterocycles. The molecule has 3 aromatic carbocycles. The van der Waals surface area contributed by atoms with E-state index in [0.717, 1.165) is 22.9 Å². The number of nitrogens with one attached hydrogen (secondary N) is 2. The van der Waals surface area contributed by atoms with Crippen LogP contribution < -0.4 is 10.6 Å². The topological polar surface area (TPSA) is 58.2 Å². The SMILES string of the molecule is O=C(CCNC(=O)c1ccc2ccccc2c1)NCCCSc1ccccc1. The zero-order chi connectivity index (χ0) is 19.6. The third-order valence-electron chi connectivity index (χ3n) is 4.30. The summed E-state index contributed by atoms with van der Waals surface area (Å²) in [5.74, 6) is 0.768. The van der Waals surface area contributed by atoms with Crippen molar-refractivity contribution in [2.24, 2.45) is 0 Å². The number of hydrogen-bond acceptors (Lipinski definition) is 3. The van der Waals surface area contributed by atoms with Crippen LogP contribution in [0.1, 0.15) is 23.2 Å². The van der Waals surface area contributed by atoms with Gasteiger partial charge in [-0.2, -0.15) is 0 Å². The van der Waals surface area contributed by atoms with Crippen LogP contribution in [0.2, 0.25) is 0 Å². The Hall–Kier alpha value is -2.79. The summed E-state index contributed by atoms with van der Waals surface area (Å²) >= 11 is 1.78. The summed E-state index contributed by atoms with van der Waals surface area (Å²) < 4.78 is 0. The molecule has 0 fully saturated rings. The number of amides is 2. The summed E-state index contributed by atoms with van der Waals surface area (Å²) in [7, 11) is 0. The molecule has 0 atom stereocenters. The Morgan fingerprint density at radius 2 is 1.54 bits per heavy atom. The number of carbonyl (C=O) groups is 2. The van der Waals surface area contributed by atoms with E-state index >= 15 is 0 Å². The maximum Gasteiger partial charge on any atom is 0.251 e. The molecule has 0 bridgehead atoms. The van der Waals surface area contributed by atoms with Crippen LogP contribution in [0, 0.1) is 0 Å². The van der Waals surface area contributed by atoms with E-state index in [-0.39, 0.29) is 18.2 Å². The summed E-state index contributed by atoms with van der Waals surface area (Å²) in [6.45, 7) is 0.980. The van der Waals surface area contributed by atoms with E-state index in [1.807, 2.05) is 60.7 Å². The monoisotopic (exact) mass is 392 g/mol. The first-order valence-electron chi connectivity index (χ1n) is 9.44. The highest BCUT2D eigenvalue weighted by Crippen LogP contribution is 2.17. The van der Waals surface area contributed by atoms with Gasteiger partial charge in [-0.05, 0) is 47.2 Å². The predicted octanol–water partition coefficient (Wildman–Crippen LogP) is 4.26. The first-order valence-corrected chi connectivity index (χ1v) is 10.4. The smallest absolute Gasteiger partial charge is 0.251 e. The molecule has 144 valence electrons. The minimum absolute atomic E-state index is 0.0384. The van der Waals surface area contributed by atoms with Gasteiger partial charge in [-0.1, -0.05) is 48.5 Å². The zero-order valence-electron chi connectivity index (χ0n) is 15.7. The van der Waals surface area contributed by atoms with Crippen molar-refractivity contribution >= 4 is 34.3 Å². The second kappa shape index (κ2) is 10.5. The lowest BCUT2D eigenvalue weighted by molar-refractivity contribution is -0.120. The Labute approximate surface area is 169 Å². The fraction of sp³-hybridized carbons (Fsp3) is 0.217. The van der Waals surface area contributed by atoms with E-state index in [9.17, 15) is 9.59 Å². The largest absolute Gasteiger partial charge is 0.356 e. The van der Waals surface area contributed by atoms with E-state index in [0.29, 0.717) is 18.7 Å². The quantitative estimate of drug-likeness (QED) is 0.423.